The Morgan fingerprint density at radius 3 is 2.39 bits per heavy atom. The molecular weight excluding hydrogens is 392 g/mol. The van der Waals surface area contributed by atoms with Gasteiger partial charge in [0.2, 0.25) is 0 Å². The van der Waals surface area contributed by atoms with Gasteiger partial charge < -0.3 is 14.2 Å². The van der Waals surface area contributed by atoms with Crippen LogP contribution in [0.4, 0.5) is 0 Å². The summed E-state index contributed by atoms with van der Waals surface area (Å²) in [5.74, 6) is 0.888. The van der Waals surface area contributed by atoms with E-state index in [0.29, 0.717) is 28.3 Å². The molecule has 5 rings (SSSR count). The monoisotopic (exact) mass is 410 g/mol. The van der Waals surface area contributed by atoms with Crippen LogP contribution in [-0.4, -0.2) is 30.2 Å². The molecule has 5 aromatic rings. The summed E-state index contributed by atoms with van der Waals surface area (Å²) in [6, 6.07) is 22.2. The zero-order valence-electron chi connectivity index (χ0n) is 17.0. The normalized spacial score (nSPS) is 11.0. The van der Waals surface area contributed by atoms with E-state index in [1.165, 1.54) is 7.11 Å². The first kappa shape index (κ1) is 18.8. The molecule has 31 heavy (non-hydrogen) atoms. The average molecular weight is 410 g/mol. The van der Waals surface area contributed by atoms with Crippen LogP contribution in [0.3, 0.4) is 0 Å². The fourth-order valence-electron chi connectivity index (χ4n) is 3.58. The number of nitrogens with zero attached hydrogens (tertiary/aromatic N) is 2. The predicted octanol–water partition coefficient (Wildman–Crippen LogP) is 5.17. The van der Waals surface area contributed by atoms with E-state index >= 15 is 0 Å². The molecule has 152 valence electrons. The summed E-state index contributed by atoms with van der Waals surface area (Å²) >= 11 is 0. The fourth-order valence-corrected chi connectivity index (χ4v) is 3.58. The zero-order chi connectivity index (χ0) is 21.4. The summed E-state index contributed by atoms with van der Waals surface area (Å²) in [5, 5.41) is 2.13. The average Bonchev–Trinajstić information content (AvgIpc) is 2.82. The van der Waals surface area contributed by atoms with Crippen LogP contribution in [-0.2, 0) is 0 Å². The summed E-state index contributed by atoms with van der Waals surface area (Å²) in [6.07, 6.45) is 0. The largest absolute Gasteiger partial charge is 0.493 e. The Labute approximate surface area is 178 Å². The highest BCUT2D eigenvalue weighted by Crippen LogP contribution is 2.29. The number of hydrogen-bond acceptors (Lipinski definition) is 6. The van der Waals surface area contributed by atoms with E-state index in [0.717, 1.165) is 27.3 Å². The number of benzene rings is 4. The van der Waals surface area contributed by atoms with Crippen molar-refractivity contribution < 1.29 is 19.0 Å². The van der Waals surface area contributed by atoms with Crippen molar-refractivity contribution in [1.82, 2.24) is 9.97 Å². The van der Waals surface area contributed by atoms with E-state index in [-0.39, 0.29) is 0 Å². The number of rotatable bonds is 4. The van der Waals surface area contributed by atoms with Gasteiger partial charge in [-0.3, -0.25) is 0 Å². The Morgan fingerprint density at radius 1 is 0.742 bits per heavy atom. The first-order valence-electron chi connectivity index (χ1n) is 9.70. The van der Waals surface area contributed by atoms with Gasteiger partial charge in [0.05, 0.1) is 41.8 Å². The molecule has 0 saturated carbocycles. The second-order valence-electron chi connectivity index (χ2n) is 6.99. The number of carbonyl (C=O) groups is 1. The van der Waals surface area contributed by atoms with Crippen LogP contribution in [0.15, 0.2) is 72.8 Å². The van der Waals surface area contributed by atoms with Gasteiger partial charge in [-0.05, 0) is 41.8 Å². The number of ether oxygens (including phenoxy) is 3. The molecule has 6 heteroatoms. The highest BCUT2D eigenvalue weighted by molar-refractivity contribution is 6.06. The second kappa shape index (κ2) is 7.57. The lowest BCUT2D eigenvalue weighted by Gasteiger charge is -2.10. The summed E-state index contributed by atoms with van der Waals surface area (Å²) in [4.78, 5) is 22.2. The lowest BCUT2D eigenvalue weighted by atomic mass is 10.1. The Bertz CT molecular complexity index is 1460. The third-order valence-corrected chi connectivity index (χ3v) is 5.13. The SMILES string of the molecule is COc1ccc(C(=O)Oc2ccc3nc4ccc5ccccc5c4nc3c2)cc1OC. The van der Waals surface area contributed by atoms with Gasteiger partial charge in [0, 0.05) is 11.5 Å². The first-order chi connectivity index (χ1) is 15.2. The molecule has 0 bridgehead atoms. The van der Waals surface area contributed by atoms with Gasteiger partial charge in [0.1, 0.15) is 5.75 Å². The molecule has 0 aliphatic carbocycles. The molecule has 0 radical (unpaired) electrons. The molecule has 0 aliphatic heterocycles. The number of carbonyl (C=O) groups excluding carboxylic acids is 1. The van der Waals surface area contributed by atoms with Crippen molar-refractivity contribution in [2.24, 2.45) is 0 Å². The quantitative estimate of drug-likeness (QED) is 0.176. The minimum absolute atomic E-state index is 0.355. The van der Waals surface area contributed by atoms with E-state index in [1.54, 1.807) is 43.5 Å². The van der Waals surface area contributed by atoms with Crippen molar-refractivity contribution in [2.45, 2.75) is 0 Å². The van der Waals surface area contributed by atoms with Gasteiger partial charge in [-0.2, -0.15) is 0 Å². The van der Waals surface area contributed by atoms with Crippen LogP contribution in [0.5, 0.6) is 17.2 Å². The van der Waals surface area contributed by atoms with Crippen LogP contribution in [0.1, 0.15) is 10.4 Å². The van der Waals surface area contributed by atoms with Gasteiger partial charge >= 0.3 is 5.97 Å². The second-order valence-corrected chi connectivity index (χ2v) is 6.99. The summed E-state index contributed by atoms with van der Waals surface area (Å²) in [5.41, 5.74) is 3.37. The highest BCUT2D eigenvalue weighted by Gasteiger charge is 2.14. The molecule has 0 unspecified atom stereocenters. The van der Waals surface area contributed by atoms with Crippen molar-refractivity contribution in [1.29, 1.82) is 0 Å². The van der Waals surface area contributed by atoms with Crippen molar-refractivity contribution in [3.63, 3.8) is 0 Å². The topological polar surface area (TPSA) is 70.5 Å². The molecule has 6 nitrogen and oxygen atoms in total. The Morgan fingerprint density at radius 2 is 1.55 bits per heavy atom. The summed E-state index contributed by atoms with van der Waals surface area (Å²) < 4.78 is 16.0. The summed E-state index contributed by atoms with van der Waals surface area (Å²) in [7, 11) is 3.06. The molecule has 1 heterocycles. The number of esters is 1. The first-order valence-corrected chi connectivity index (χ1v) is 9.70. The molecule has 0 aliphatic rings. The van der Waals surface area contributed by atoms with E-state index in [1.807, 2.05) is 36.4 Å². The molecule has 4 aromatic carbocycles. The van der Waals surface area contributed by atoms with Crippen LogP contribution in [0, 0.1) is 0 Å². The predicted molar refractivity (Wildman–Crippen MR) is 119 cm³/mol. The highest BCUT2D eigenvalue weighted by atomic mass is 16.5. The third-order valence-electron chi connectivity index (χ3n) is 5.13. The third kappa shape index (κ3) is 3.38. The van der Waals surface area contributed by atoms with Crippen LogP contribution in [0.2, 0.25) is 0 Å². The van der Waals surface area contributed by atoms with E-state index in [2.05, 4.69) is 0 Å². The van der Waals surface area contributed by atoms with Crippen molar-refractivity contribution in [3.8, 4) is 17.2 Å². The lowest BCUT2D eigenvalue weighted by Crippen LogP contribution is -2.09. The van der Waals surface area contributed by atoms with Gasteiger partial charge in [-0.1, -0.05) is 30.3 Å². The van der Waals surface area contributed by atoms with E-state index < -0.39 is 5.97 Å². The standard InChI is InChI=1S/C25H18N2O4/c1-29-22-12-8-16(13-23(22)30-2)25(28)31-17-9-11-19-21(14-17)27-24-18-6-4-3-5-15(18)7-10-20(24)26-19/h3-14H,1-2H3. The van der Waals surface area contributed by atoms with E-state index in [4.69, 9.17) is 24.2 Å². The lowest BCUT2D eigenvalue weighted by molar-refractivity contribution is 0.0734. The molecule has 0 N–H and O–H groups in total. The maximum Gasteiger partial charge on any atom is 0.343 e. The number of methoxy groups -OCH3 is 2. The van der Waals surface area contributed by atoms with E-state index in [9.17, 15) is 4.79 Å². The van der Waals surface area contributed by atoms with Crippen molar-refractivity contribution >= 4 is 38.8 Å². The van der Waals surface area contributed by atoms with Crippen LogP contribution >= 0.6 is 0 Å². The van der Waals surface area contributed by atoms with Gasteiger partial charge in [0.25, 0.3) is 0 Å². The molecule has 0 amide bonds. The maximum absolute atomic E-state index is 12.7. The minimum Gasteiger partial charge on any atom is -0.493 e. The Hall–Kier alpha value is -4.19. The molecular formula is C25H18N2O4. The Balaban J connectivity index is 1.52. The Kier molecular flexibility index (Phi) is 4.59. The number of hydrogen-bond donors (Lipinski definition) is 0. The molecule has 0 saturated heterocycles. The van der Waals surface area contributed by atoms with Crippen LogP contribution < -0.4 is 14.2 Å². The van der Waals surface area contributed by atoms with Gasteiger partial charge in [-0.25, -0.2) is 14.8 Å². The van der Waals surface area contributed by atoms with Gasteiger partial charge in [-0.15, -0.1) is 0 Å². The number of fused-ring (bicyclic) bond motifs is 4. The number of aromatic nitrogens is 2. The van der Waals surface area contributed by atoms with Crippen LogP contribution in [0.25, 0.3) is 32.8 Å². The fraction of sp³-hybridized carbons (Fsp3) is 0.0800. The van der Waals surface area contributed by atoms with Crippen molar-refractivity contribution in [3.05, 3.63) is 78.4 Å². The molecule has 0 spiro atoms. The maximum atomic E-state index is 12.7. The summed E-state index contributed by atoms with van der Waals surface area (Å²) in [6.45, 7) is 0. The smallest absolute Gasteiger partial charge is 0.343 e. The van der Waals surface area contributed by atoms with Gasteiger partial charge in [0.15, 0.2) is 11.5 Å². The zero-order valence-corrected chi connectivity index (χ0v) is 17.0. The minimum atomic E-state index is -0.500. The van der Waals surface area contributed by atoms with Crippen molar-refractivity contribution in [2.75, 3.05) is 14.2 Å². The molecule has 1 aromatic heterocycles. The molecule has 0 fully saturated rings. The molecule has 0 atom stereocenters.